The second kappa shape index (κ2) is 8.67. The quantitative estimate of drug-likeness (QED) is 0.545. The van der Waals surface area contributed by atoms with Crippen LogP contribution in [0, 0.1) is 3.57 Å². The van der Waals surface area contributed by atoms with Gasteiger partial charge in [0, 0.05) is 21.4 Å². The first-order valence-corrected chi connectivity index (χ1v) is 8.64. The van der Waals surface area contributed by atoms with Crippen LogP contribution in [0.5, 0.6) is 0 Å². The van der Waals surface area contributed by atoms with Crippen LogP contribution < -0.4 is 10.6 Å². The molecule has 2 aromatic rings. The summed E-state index contributed by atoms with van der Waals surface area (Å²) in [5.74, 6) is -0.246. The van der Waals surface area contributed by atoms with Gasteiger partial charge in [0.15, 0.2) is 0 Å². The second-order valence-electron chi connectivity index (χ2n) is 5.12. The maximum Gasteiger partial charge on any atom is 0.256 e. The Morgan fingerprint density at radius 3 is 2.35 bits per heavy atom. The summed E-state index contributed by atoms with van der Waals surface area (Å²) in [7, 11) is 0. The molecule has 0 spiro atoms. The maximum atomic E-state index is 12.2. The van der Waals surface area contributed by atoms with Gasteiger partial charge in [0.1, 0.15) is 0 Å². The molecule has 2 N–H and O–H groups in total. The van der Waals surface area contributed by atoms with Crippen LogP contribution in [-0.4, -0.2) is 18.4 Å². The van der Waals surface area contributed by atoms with E-state index in [9.17, 15) is 9.59 Å². The van der Waals surface area contributed by atoms with E-state index in [4.69, 9.17) is 0 Å². The van der Waals surface area contributed by atoms with Crippen LogP contribution in [0.15, 0.2) is 48.5 Å². The highest BCUT2D eigenvalue weighted by Crippen LogP contribution is 2.15. The lowest BCUT2D eigenvalue weighted by molar-refractivity contribution is 0.0952. The highest BCUT2D eigenvalue weighted by Gasteiger charge is 2.10. The molecule has 2 amide bonds. The SMILES string of the molecule is CCCCNC(=O)c1ccc(NC(=O)c2ccccc2I)cc1. The zero-order chi connectivity index (χ0) is 16.7. The van der Waals surface area contributed by atoms with Gasteiger partial charge >= 0.3 is 0 Å². The Morgan fingerprint density at radius 2 is 1.70 bits per heavy atom. The molecule has 23 heavy (non-hydrogen) atoms. The standard InChI is InChI=1S/C18H19IN2O2/c1-2-3-12-20-17(22)13-8-10-14(11-9-13)21-18(23)15-6-4-5-7-16(15)19/h4-11H,2-3,12H2,1H3,(H,20,22)(H,21,23). The van der Waals surface area contributed by atoms with Crippen molar-refractivity contribution in [2.75, 3.05) is 11.9 Å². The average Bonchev–Trinajstić information content (AvgIpc) is 2.56. The number of nitrogens with one attached hydrogen (secondary N) is 2. The zero-order valence-corrected chi connectivity index (χ0v) is 15.1. The van der Waals surface area contributed by atoms with Gasteiger partial charge in [0.25, 0.3) is 11.8 Å². The normalized spacial score (nSPS) is 10.2. The molecule has 4 nitrogen and oxygen atoms in total. The molecule has 0 radical (unpaired) electrons. The smallest absolute Gasteiger partial charge is 0.256 e. The molecule has 0 saturated carbocycles. The van der Waals surface area contributed by atoms with Crippen LogP contribution in [0.4, 0.5) is 5.69 Å². The number of halogens is 1. The first kappa shape index (κ1) is 17.5. The van der Waals surface area contributed by atoms with Gasteiger partial charge in [-0.25, -0.2) is 0 Å². The Kier molecular flexibility index (Phi) is 6.58. The molecule has 0 aliphatic rings. The van der Waals surface area contributed by atoms with Crippen molar-refractivity contribution in [1.29, 1.82) is 0 Å². The van der Waals surface area contributed by atoms with Gasteiger partial charge in [-0.1, -0.05) is 25.5 Å². The fraction of sp³-hybridized carbons (Fsp3) is 0.222. The van der Waals surface area contributed by atoms with Crippen molar-refractivity contribution >= 4 is 40.1 Å². The molecule has 0 aliphatic carbocycles. The number of unbranched alkanes of at least 4 members (excludes halogenated alkanes) is 1. The van der Waals surface area contributed by atoms with Crippen molar-refractivity contribution in [3.63, 3.8) is 0 Å². The van der Waals surface area contributed by atoms with Crippen LogP contribution in [-0.2, 0) is 0 Å². The van der Waals surface area contributed by atoms with Gasteiger partial charge in [-0.2, -0.15) is 0 Å². The monoisotopic (exact) mass is 422 g/mol. The molecular formula is C18H19IN2O2. The number of hydrogen-bond acceptors (Lipinski definition) is 2. The van der Waals surface area contributed by atoms with Crippen molar-refractivity contribution in [2.45, 2.75) is 19.8 Å². The topological polar surface area (TPSA) is 58.2 Å². The van der Waals surface area contributed by atoms with E-state index in [2.05, 4.69) is 40.1 Å². The highest BCUT2D eigenvalue weighted by molar-refractivity contribution is 14.1. The van der Waals surface area contributed by atoms with Crippen LogP contribution in [0.1, 0.15) is 40.5 Å². The van der Waals surface area contributed by atoms with Gasteiger partial charge in [-0.3, -0.25) is 9.59 Å². The number of hydrogen-bond donors (Lipinski definition) is 2. The summed E-state index contributed by atoms with van der Waals surface area (Å²) in [6, 6.07) is 14.3. The lowest BCUT2D eigenvalue weighted by Gasteiger charge is -2.08. The molecule has 0 bridgehead atoms. The number of carbonyl (C=O) groups is 2. The zero-order valence-electron chi connectivity index (χ0n) is 12.9. The Labute approximate surface area is 149 Å². The Morgan fingerprint density at radius 1 is 1.00 bits per heavy atom. The molecule has 0 saturated heterocycles. The fourth-order valence-electron chi connectivity index (χ4n) is 2.03. The lowest BCUT2D eigenvalue weighted by atomic mass is 10.1. The van der Waals surface area contributed by atoms with E-state index in [1.54, 1.807) is 30.3 Å². The average molecular weight is 422 g/mol. The van der Waals surface area contributed by atoms with Gasteiger partial charge in [-0.15, -0.1) is 0 Å². The first-order chi connectivity index (χ1) is 11.1. The van der Waals surface area contributed by atoms with E-state index in [1.807, 2.05) is 18.2 Å². The maximum absolute atomic E-state index is 12.2. The molecule has 120 valence electrons. The summed E-state index contributed by atoms with van der Waals surface area (Å²) in [6.07, 6.45) is 2.01. The Bertz CT molecular complexity index is 684. The third-order valence-corrected chi connectivity index (χ3v) is 4.28. The van der Waals surface area contributed by atoms with Crippen molar-refractivity contribution < 1.29 is 9.59 Å². The number of anilines is 1. The van der Waals surface area contributed by atoms with Crippen molar-refractivity contribution in [2.24, 2.45) is 0 Å². The summed E-state index contributed by atoms with van der Waals surface area (Å²) in [4.78, 5) is 24.2. The van der Waals surface area contributed by atoms with Crippen LogP contribution in [0.3, 0.4) is 0 Å². The minimum atomic E-state index is -0.157. The molecule has 5 heteroatoms. The summed E-state index contributed by atoms with van der Waals surface area (Å²) in [6.45, 7) is 2.76. The van der Waals surface area contributed by atoms with Crippen molar-refractivity contribution in [3.8, 4) is 0 Å². The molecule has 0 aromatic heterocycles. The fourth-order valence-corrected chi connectivity index (χ4v) is 2.66. The van der Waals surface area contributed by atoms with E-state index in [0.717, 1.165) is 16.4 Å². The third kappa shape index (κ3) is 5.06. The predicted molar refractivity (Wildman–Crippen MR) is 101 cm³/mol. The lowest BCUT2D eigenvalue weighted by Crippen LogP contribution is -2.24. The number of benzene rings is 2. The van der Waals surface area contributed by atoms with E-state index < -0.39 is 0 Å². The summed E-state index contributed by atoms with van der Waals surface area (Å²) in [5, 5.41) is 5.71. The van der Waals surface area contributed by atoms with Crippen LogP contribution >= 0.6 is 22.6 Å². The molecule has 2 rings (SSSR count). The molecular weight excluding hydrogens is 403 g/mol. The van der Waals surface area contributed by atoms with Crippen molar-refractivity contribution in [3.05, 3.63) is 63.2 Å². The number of carbonyl (C=O) groups excluding carboxylic acids is 2. The van der Waals surface area contributed by atoms with E-state index >= 15 is 0 Å². The van der Waals surface area contributed by atoms with Gasteiger partial charge < -0.3 is 10.6 Å². The predicted octanol–water partition coefficient (Wildman–Crippen LogP) is 4.07. The highest BCUT2D eigenvalue weighted by atomic mass is 127. The Hall–Kier alpha value is -1.89. The Balaban J connectivity index is 1.99. The van der Waals surface area contributed by atoms with Crippen LogP contribution in [0.25, 0.3) is 0 Å². The van der Waals surface area contributed by atoms with Crippen LogP contribution in [0.2, 0.25) is 0 Å². The van der Waals surface area contributed by atoms with E-state index in [-0.39, 0.29) is 11.8 Å². The molecule has 0 heterocycles. The molecule has 0 unspecified atom stereocenters. The number of amides is 2. The van der Waals surface area contributed by atoms with E-state index in [1.165, 1.54) is 0 Å². The second-order valence-corrected chi connectivity index (χ2v) is 6.28. The van der Waals surface area contributed by atoms with Crippen molar-refractivity contribution in [1.82, 2.24) is 5.32 Å². The third-order valence-electron chi connectivity index (χ3n) is 3.34. The van der Waals surface area contributed by atoms with Gasteiger partial charge in [0.2, 0.25) is 0 Å². The summed E-state index contributed by atoms with van der Waals surface area (Å²) in [5.41, 5.74) is 1.89. The molecule has 0 atom stereocenters. The molecule has 0 fully saturated rings. The minimum Gasteiger partial charge on any atom is -0.352 e. The minimum absolute atomic E-state index is 0.0889. The molecule has 0 aliphatic heterocycles. The van der Waals surface area contributed by atoms with Gasteiger partial charge in [-0.05, 0) is 65.4 Å². The molecule has 2 aromatic carbocycles. The summed E-state index contributed by atoms with van der Waals surface area (Å²) < 4.78 is 0.898. The largest absolute Gasteiger partial charge is 0.352 e. The van der Waals surface area contributed by atoms with E-state index in [0.29, 0.717) is 23.4 Å². The first-order valence-electron chi connectivity index (χ1n) is 7.56. The number of rotatable bonds is 6. The van der Waals surface area contributed by atoms with Gasteiger partial charge in [0.05, 0.1) is 5.56 Å². The summed E-state index contributed by atoms with van der Waals surface area (Å²) >= 11 is 2.13.